The van der Waals surface area contributed by atoms with Gasteiger partial charge in [0.25, 0.3) is 0 Å². The molecule has 1 aromatic carbocycles. The summed E-state index contributed by atoms with van der Waals surface area (Å²) in [6.45, 7) is 6.44. The predicted octanol–water partition coefficient (Wildman–Crippen LogP) is 3.82. The smallest absolute Gasteiger partial charge is 0.211 e. The molecular weight excluding hydrogens is 338 g/mol. The largest absolute Gasteiger partial charge is 0.242 e. The fourth-order valence-corrected chi connectivity index (χ4v) is 3.46. The Balaban J connectivity index is 2.94. The zero-order valence-electron chi connectivity index (χ0n) is 10.6. The lowest BCUT2D eigenvalue weighted by molar-refractivity contribution is 0.350. The Morgan fingerprint density at radius 1 is 1.39 bits per heavy atom. The van der Waals surface area contributed by atoms with Gasteiger partial charge in [-0.25, -0.2) is 13.1 Å². The highest BCUT2D eigenvalue weighted by Gasteiger charge is 2.22. The van der Waals surface area contributed by atoms with Gasteiger partial charge in [0, 0.05) is 11.0 Å². The van der Waals surface area contributed by atoms with Gasteiger partial charge in [0.15, 0.2) is 0 Å². The molecule has 3 nitrogen and oxygen atoms in total. The van der Waals surface area contributed by atoms with E-state index in [1.165, 1.54) is 6.07 Å². The van der Waals surface area contributed by atoms with Gasteiger partial charge in [-0.1, -0.05) is 48.3 Å². The maximum absolute atomic E-state index is 12.1. The van der Waals surface area contributed by atoms with E-state index in [9.17, 15) is 8.42 Å². The first-order valence-corrected chi connectivity index (χ1v) is 8.28. The van der Waals surface area contributed by atoms with Crippen LogP contribution in [0.3, 0.4) is 0 Å². The van der Waals surface area contributed by atoms with Crippen LogP contribution in [-0.4, -0.2) is 15.0 Å². The Kier molecular flexibility index (Phi) is 5.23. The highest BCUT2D eigenvalue weighted by atomic mass is 79.9. The highest BCUT2D eigenvalue weighted by Crippen LogP contribution is 2.26. The van der Waals surface area contributed by atoms with E-state index in [0.717, 1.165) is 10.9 Å². The standard InChI is InChI=1S/C12H17BrClNO2S/c1-4-12(2,3)8-15-18(16,17)11-6-5-9(13)7-10(11)14/h5-7,15H,4,8H2,1-3H3. The minimum absolute atomic E-state index is 0.0745. The summed E-state index contributed by atoms with van der Waals surface area (Å²) >= 11 is 9.19. The molecule has 1 aromatic rings. The molecule has 1 N–H and O–H groups in total. The van der Waals surface area contributed by atoms with Crippen molar-refractivity contribution in [3.8, 4) is 0 Å². The van der Waals surface area contributed by atoms with Crippen LogP contribution in [0, 0.1) is 5.41 Å². The maximum Gasteiger partial charge on any atom is 0.242 e. The third-order valence-corrected chi connectivity index (χ3v) is 5.26. The summed E-state index contributed by atoms with van der Waals surface area (Å²) in [7, 11) is -3.55. The molecule has 6 heteroatoms. The number of hydrogen-bond donors (Lipinski definition) is 1. The van der Waals surface area contributed by atoms with Crippen LogP contribution in [0.15, 0.2) is 27.6 Å². The molecule has 0 aliphatic carbocycles. The molecule has 0 saturated carbocycles. The highest BCUT2D eigenvalue weighted by molar-refractivity contribution is 9.10. The van der Waals surface area contributed by atoms with Gasteiger partial charge >= 0.3 is 0 Å². The van der Waals surface area contributed by atoms with Crippen molar-refractivity contribution < 1.29 is 8.42 Å². The maximum atomic E-state index is 12.1. The molecule has 0 amide bonds. The van der Waals surface area contributed by atoms with Gasteiger partial charge in [0.2, 0.25) is 10.0 Å². The summed E-state index contributed by atoms with van der Waals surface area (Å²) in [4.78, 5) is 0.110. The van der Waals surface area contributed by atoms with Crippen molar-refractivity contribution in [3.05, 3.63) is 27.7 Å². The summed E-state index contributed by atoms with van der Waals surface area (Å²) in [6, 6.07) is 4.72. The van der Waals surface area contributed by atoms with Gasteiger partial charge in [-0.3, -0.25) is 0 Å². The summed E-state index contributed by atoms with van der Waals surface area (Å²) in [5, 5.41) is 0.214. The molecule has 1 rings (SSSR count). The summed E-state index contributed by atoms with van der Waals surface area (Å²) in [5.41, 5.74) is -0.0745. The lowest BCUT2D eigenvalue weighted by atomic mass is 9.91. The minimum atomic E-state index is -3.55. The summed E-state index contributed by atoms with van der Waals surface area (Å²) in [5.74, 6) is 0. The first-order valence-electron chi connectivity index (χ1n) is 5.63. The molecule has 0 heterocycles. The zero-order valence-corrected chi connectivity index (χ0v) is 13.8. The number of sulfonamides is 1. The van der Waals surface area contributed by atoms with Crippen LogP contribution in [0.2, 0.25) is 5.02 Å². The molecule has 102 valence electrons. The third kappa shape index (κ3) is 4.23. The molecule has 0 atom stereocenters. The van der Waals surface area contributed by atoms with Gasteiger partial charge in [0.1, 0.15) is 4.90 Å². The lowest BCUT2D eigenvalue weighted by Gasteiger charge is -2.22. The van der Waals surface area contributed by atoms with Gasteiger partial charge in [-0.15, -0.1) is 0 Å². The van der Waals surface area contributed by atoms with E-state index >= 15 is 0 Å². The van der Waals surface area contributed by atoms with Gasteiger partial charge < -0.3 is 0 Å². The van der Waals surface area contributed by atoms with Crippen molar-refractivity contribution in [1.82, 2.24) is 4.72 Å². The van der Waals surface area contributed by atoms with Gasteiger partial charge in [0.05, 0.1) is 5.02 Å². The second-order valence-electron chi connectivity index (χ2n) is 4.92. The molecule has 0 fully saturated rings. The van der Waals surface area contributed by atoms with Crippen molar-refractivity contribution in [2.75, 3.05) is 6.54 Å². The number of hydrogen-bond acceptors (Lipinski definition) is 2. The molecule has 0 aliphatic rings. The van der Waals surface area contributed by atoms with Crippen LogP contribution in [0.25, 0.3) is 0 Å². The monoisotopic (exact) mass is 353 g/mol. The first kappa shape index (κ1) is 16.0. The quantitative estimate of drug-likeness (QED) is 0.874. The van der Waals surface area contributed by atoms with Crippen LogP contribution >= 0.6 is 27.5 Å². The Morgan fingerprint density at radius 3 is 2.50 bits per heavy atom. The Morgan fingerprint density at radius 2 is 2.00 bits per heavy atom. The number of nitrogens with one attached hydrogen (secondary N) is 1. The van der Waals surface area contributed by atoms with Crippen LogP contribution in [0.1, 0.15) is 27.2 Å². The van der Waals surface area contributed by atoms with E-state index in [1.54, 1.807) is 12.1 Å². The second kappa shape index (κ2) is 5.90. The van der Waals surface area contributed by atoms with Gasteiger partial charge in [-0.05, 0) is 30.0 Å². The second-order valence-corrected chi connectivity index (χ2v) is 7.98. The molecule has 0 spiro atoms. The van der Waals surface area contributed by atoms with Crippen molar-refractivity contribution in [2.45, 2.75) is 32.1 Å². The number of halogens is 2. The zero-order chi connectivity index (χ0) is 14.0. The van der Waals surface area contributed by atoms with Gasteiger partial charge in [-0.2, -0.15) is 0 Å². The number of rotatable bonds is 5. The molecule has 0 bridgehead atoms. The van der Waals surface area contributed by atoms with E-state index in [-0.39, 0.29) is 15.3 Å². The average Bonchev–Trinajstić information content (AvgIpc) is 2.26. The predicted molar refractivity (Wildman–Crippen MR) is 78.4 cm³/mol. The van der Waals surface area contributed by atoms with Crippen LogP contribution in [-0.2, 0) is 10.0 Å². The molecule has 0 aromatic heterocycles. The minimum Gasteiger partial charge on any atom is -0.211 e. The summed E-state index contributed by atoms with van der Waals surface area (Å²) in [6.07, 6.45) is 0.892. The Hall–Kier alpha value is -0.100. The van der Waals surface area contributed by atoms with Crippen molar-refractivity contribution in [3.63, 3.8) is 0 Å². The fraction of sp³-hybridized carbons (Fsp3) is 0.500. The molecule has 0 aliphatic heterocycles. The van der Waals surface area contributed by atoms with Crippen LogP contribution < -0.4 is 4.72 Å². The normalized spacial score (nSPS) is 12.7. The molecule has 18 heavy (non-hydrogen) atoms. The average molecular weight is 355 g/mol. The number of benzene rings is 1. The molecular formula is C12H17BrClNO2S. The van der Waals surface area contributed by atoms with E-state index < -0.39 is 10.0 Å². The topological polar surface area (TPSA) is 46.2 Å². The molecule has 0 radical (unpaired) electrons. The van der Waals surface area contributed by atoms with Crippen molar-refractivity contribution in [1.29, 1.82) is 0 Å². The fourth-order valence-electron chi connectivity index (χ4n) is 1.19. The van der Waals surface area contributed by atoms with Crippen LogP contribution in [0.5, 0.6) is 0 Å². The Bertz CT molecular complexity index is 529. The van der Waals surface area contributed by atoms with Crippen molar-refractivity contribution in [2.24, 2.45) is 5.41 Å². The Labute approximate surface area is 122 Å². The van der Waals surface area contributed by atoms with E-state index in [4.69, 9.17) is 11.6 Å². The van der Waals surface area contributed by atoms with E-state index in [2.05, 4.69) is 20.7 Å². The lowest BCUT2D eigenvalue weighted by Crippen LogP contribution is -2.33. The van der Waals surface area contributed by atoms with E-state index in [0.29, 0.717) is 6.54 Å². The molecule has 0 unspecified atom stereocenters. The third-order valence-electron chi connectivity index (χ3n) is 2.88. The van der Waals surface area contributed by atoms with E-state index in [1.807, 2.05) is 20.8 Å². The summed E-state index contributed by atoms with van der Waals surface area (Å²) < 4.78 is 27.6. The van der Waals surface area contributed by atoms with Crippen LogP contribution in [0.4, 0.5) is 0 Å². The van der Waals surface area contributed by atoms with Crippen molar-refractivity contribution >= 4 is 37.6 Å². The molecule has 0 saturated heterocycles. The SMILES string of the molecule is CCC(C)(C)CNS(=O)(=O)c1ccc(Br)cc1Cl. The first-order chi connectivity index (χ1) is 8.18.